The van der Waals surface area contributed by atoms with Crippen molar-refractivity contribution < 1.29 is 32.9 Å². The maximum absolute atomic E-state index is 12.9. The fourth-order valence-electron chi connectivity index (χ4n) is 7.46. The minimum absolute atomic E-state index is 0.0557. The molecule has 3 atom stereocenters. The molecule has 0 spiro atoms. The number of quaternary nitrogens is 1. The number of aliphatic hydroxyl groups excluding tert-OH is 1. The van der Waals surface area contributed by atoms with E-state index in [0.717, 1.165) is 38.5 Å². The molecule has 3 N–H and O–H groups in total. The van der Waals surface area contributed by atoms with Crippen molar-refractivity contribution in [2.45, 2.75) is 251 Å². The minimum Gasteiger partial charge on any atom is -0.387 e. The van der Waals surface area contributed by atoms with Gasteiger partial charge >= 0.3 is 7.82 Å². The van der Waals surface area contributed by atoms with E-state index in [4.69, 9.17) is 9.05 Å². The Morgan fingerprint density at radius 1 is 0.541 bits per heavy atom. The van der Waals surface area contributed by atoms with Gasteiger partial charge in [-0.2, -0.15) is 0 Å². The predicted octanol–water partition coefficient (Wildman–Crippen LogP) is 15.0. The van der Waals surface area contributed by atoms with Crippen LogP contribution in [0.15, 0.2) is 36.5 Å². The number of phosphoric acid groups is 1. The van der Waals surface area contributed by atoms with Gasteiger partial charge in [-0.3, -0.25) is 13.8 Å². The summed E-state index contributed by atoms with van der Waals surface area (Å²) < 4.78 is 23.6. The number of likely N-dealkylation sites (N-methyl/N-ethyl adjacent to an activating group) is 1. The summed E-state index contributed by atoms with van der Waals surface area (Å²) in [6.07, 6.45) is 55.1. The van der Waals surface area contributed by atoms with Crippen LogP contribution in [0.25, 0.3) is 0 Å². The molecule has 0 radical (unpaired) electrons. The maximum Gasteiger partial charge on any atom is 0.472 e. The highest BCUT2D eigenvalue weighted by Crippen LogP contribution is 2.43. The Morgan fingerprint density at radius 2 is 0.902 bits per heavy atom. The largest absolute Gasteiger partial charge is 0.472 e. The second-order valence-corrected chi connectivity index (χ2v) is 20.3. The number of carbonyl (C=O) groups excluding carboxylic acids is 1. The SMILES string of the molecule is CCCCCCCCCCC/C=C\CCCCCCCCCC(=O)NC(COP(=O)(O)OCC[N+](C)(C)C)C(O)/C=C/CC/C=C/CCCCCCCCCCCCCCC. The van der Waals surface area contributed by atoms with Crippen molar-refractivity contribution in [2.75, 3.05) is 40.9 Å². The third-order valence-corrected chi connectivity index (χ3v) is 12.6. The second-order valence-electron chi connectivity index (χ2n) is 18.9. The molecule has 0 aromatic heterocycles. The fraction of sp³-hybridized carbons (Fsp3) is 0.865. The van der Waals surface area contributed by atoms with E-state index < -0.39 is 20.0 Å². The zero-order valence-electron chi connectivity index (χ0n) is 40.9. The van der Waals surface area contributed by atoms with Gasteiger partial charge in [0.15, 0.2) is 0 Å². The lowest BCUT2D eigenvalue weighted by Crippen LogP contribution is -2.45. The quantitative estimate of drug-likeness (QED) is 0.0243. The van der Waals surface area contributed by atoms with Crippen LogP contribution >= 0.6 is 7.82 Å². The number of amides is 1. The Morgan fingerprint density at radius 3 is 1.31 bits per heavy atom. The molecule has 3 unspecified atom stereocenters. The lowest BCUT2D eigenvalue weighted by atomic mass is 10.0. The van der Waals surface area contributed by atoms with E-state index in [1.807, 2.05) is 27.2 Å². The van der Waals surface area contributed by atoms with Gasteiger partial charge in [-0.1, -0.05) is 211 Å². The molecule has 0 aromatic carbocycles. The zero-order chi connectivity index (χ0) is 45.0. The maximum atomic E-state index is 12.9. The number of aliphatic hydroxyl groups is 1. The molecule has 0 aliphatic rings. The van der Waals surface area contributed by atoms with Crippen molar-refractivity contribution in [1.29, 1.82) is 0 Å². The second kappa shape index (κ2) is 43.9. The van der Waals surface area contributed by atoms with Crippen LogP contribution in [0.2, 0.25) is 0 Å². The topological polar surface area (TPSA) is 105 Å². The van der Waals surface area contributed by atoms with Crippen LogP contribution in [0.5, 0.6) is 0 Å². The highest BCUT2D eigenvalue weighted by atomic mass is 31.2. The molecule has 0 bridgehead atoms. The summed E-state index contributed by atoms with van der Waals surface area (Å²) in [7, 11) is 1.56. The number of unbranched alkanes of at least 4 members (excludes halogenated alkanes) is 30. The number of hydrogen-bond donors (Lipinski definition) is 3. The Hall–Kier alpha value is -1.28. The predicted molar refractivity (Wildman–Crippen MR) is 263 cm³/mol. The first-order valence-electron chi connectivity index (χ1n) is 25.9. The molecular weight excluding hydrogens is 780 g/mol. The van der Waals surface area contributed by atoms with E-state index in [9.17, 15) is 19.4 Å². The summed E-state index contributed by atoms with van der Waals surface area (Å²) in [5.41, 5.74) is 0. The molecule has 9 heteroatoms. The van der Waals surface area contributed by atoms with Crippen LogP contribution in [0.4, 0.5) is 0 Å². The number of phosphoric ester groups is 1. The van der Waals surface area contributed by atoms with Gasteiger partial charge in [-0.05, 0) is 57.8 Å². The van der Waals surface area contributed by atoms with Crippen molar-refractivity contribution in [3.8, 4) is 0 Å². The van der Waals surface area contributed by atoms with Crippen molar-refractivity contribution in [2.24, 2.45) is 0 Å². The Labute approximate surface area is 378 Å². The Balaban J connectivity index is 4.36. The average molecular weight is 882 g/mol. The fourth-order valence-corrected chi connectivity index (χ4v) is 8.20. The van der Waals surface area contributed by atoms with Gasteiger partial charge in [0.2, 0.25) is 5.91 Å². The molecule has 0 fully saturated rings. The van der Waals surface area contributed by atoms with Gasteiger partial charge < -0.3 is 19.8 Å². The van der Waals surface area contributed by atoms with E-state index in [0.29, 0.717) is 17.4 Å². The monoisotopic (exact) mass is 882 g/mol. The molecule has 0 saturated carbocycles. The number of carbonyl (C=O) groups is 1. The molecule has 0 aromatic rings. The molecule has 0 rings (SSSR count). The first kappa shape index (κ1) is 59.7. The van der Waals surface area contributed by atoms with Crippen LogP contribution < -0.4 is 5.32 Å². The smallest absolute Gasteiger partial charge is 0.387 e. The van der Waals surface area contributed by atoms with Gasteiger partial charge in [0.25, 0.3) is 0 Å². The van der Waals surface area contributed by atoms with Gasteiger partial charge in [0.1, 0.15) is 13.2 Å². The molecule has 8 nitrogen and oxygen atoms in total. The lowest BCUT2D eigenvalue weighted by Gasteiger charge is -2.25. The molecule has 0 saturated heterocycles. The Bertz CT molecular complexity index is 1090. The van der Waals surface area contributed by atoms with E-state index in [-0.39, 0.29) is 19.1 Å². The number of allylic oxidation sites excluding steroid dienone is 5. The lowest BCUT2D eigenvalue weighted by molar-refractivity contribution is -0.870. The van der Waals surface area contributed by atoms with Gasteiger partial charge in [0.05, 0.1) is 39.9 Å². The zero-order valence-corrected chi connectivity index (χ0v) is 41.8. The van der Waals surface area contributed by atoms with Crippen molar-refractivity contribution in [3.05, 3.63) is 36.5 Å². The minimum atomic E-state index is -4.35. The summed E-state index contributed by atoms with van der Waals surface area (Å²) in [4.78, 5) is 23.2. The molecule has 0 aliphatic heterocycles. The first-order valence-corrected chi connectivity index (χ1v) is 27.4. The summed E-state index contributed by atoms with van der Waals surface area (Å²) in [6.45, 7) is 4.81. The summed E-state index contributed by atoms with van der Waals surface area (Å²) in [6, 6.07) is -0.864. The number of nitrogens with one attached hydrogen (secondary N) is 1. The number of nitrogens with zero attached hydrogens (tertiary/aromatic N) is 1. The van der Waals surface area contributed by atoms with E-state index >= 15 is 0 Å². The molecule has 0 heterocycles. The third-order valence-electron chi connectivity index (χ3n) is 11.6. The normalized spacial score (nSPS) is 14.4. The summed E-state index contributed by atoms with van der Waals surface area (Å²) in [5, 5.41) is 13.9. The highest BCUT2D eigenvalue weighted by molar-refractivity contribution is 7.47. The number of rotatable bonds is 47. The molecule has 61 heavy (non-hydrogen) atoms. The molecule has 0 aliphatic carbocycles. The van der Waals surface area contributed by atoms with Gasteiger partial charge in [-0.25, -0.2) is 4.57 Å². The van der Waals surface area contributed by atoms with Crippen LogP contribution in [0.1, 0.15) is 239 Å². The van der Waals surface area contributed by atoms with E-state index in [1.54, 1.807) is 6.08 Å². The van der Waals surface area contributed by atoms with Crippen LogP contribution in [0.3, 0.4) is 0 Å². The van der Waals surface area contributed by atoms with Gasteiger partial charge in [-0.15, -0.1) is 0 Å². The highest BCUT2D eigenvalue weighted by Gasteiger charge is 2.27. The van der Waals surface area contributed by atoms with E-state index in [1.165, 1.54) is 180 Å². The van der Waals surface area contributed by atoms with Crippen molar-refractivity contribution >= 4 is 13.7 Å². The summed E-state index contributed by atoms with van der Waals surface area (Å²) >= 11 is 0. The molecule has 1 amide bonds. The van der Waals surface area contributed by atoms with Crippen LogP contribution in [-0.4, -0.2) is 73.4 Å². The molecule has 360 valence electrons. The average Bonchev–Trinajstić information content (AvgIpc) is 3.21. The first-order chi connectivity index (χ1) is 29.5. The van der Waals surface area contributed by atoms with Crippen LogP contribution in [-0.2, 0) is 18.4 Å². The van der Waals surface area contributed by atoms with Crippen molar-refractivity contribution in [3.63, 3.8) is 0 Å². The summed E-state index contributed by atoms with van der Waals surface area (Å²) in [5.74, 6) is -0.190. The van der Waals surface area contributed by atoms with Crippen LogP contribution in [0, 0.1) is 0 Å². The Kier molecular flexibility index (Phi) is 43.0. The standard InChI is InChI=1S/C52H101N2O6P/c1-6-8-10-12-14-16-18-20-22-24-26-28-30-32-34-36-38-40-42-44-46-52(56)53-50(49-60-61(57,58)59-48-47-54(3,4)5)51(55)45-43-41-39-37-35-33-31-29-27-25-23-21-19-17-15-13-11-9-7-2/h26,28,35,37,43,45,50-51,55H,6-25,27,29-34,36,38-42,44,46-49H2,1-5H3,(H-,53,56,57,58)/p+1/b28-26-,37-35+,45-43+. The van der Waals surface area contributed by atoms with Gasteiger partial charge in [0, 0.05) is 6.42 Å². The van der Waals surface area contributed by atoms with E-state index in [2.05, 4.69) is 43.5 Å². The van der Waals surface area contributed by atoms with Crippen molar-refractivity contribution in [1.82, 2.24) is 5.32 Å². The number of hydrogen-bond acceptors (Lipinski definition) is 5. The third kappa shape index (κ3) is 46.5. The molecular formula is C52H102N2O6P+.